The van der Waals surface area contributed by atoms with E-state index in [0.29, 0.717) is 15.8 Å². The van der Waals surface area contributed by atoms with Gasteiger partial charge < -0.3 is 9.80 Å². The fourth-order valence-electron chi connectivity index (χ4n) is 3.63. The molecule has 3 rings (SSSR count). The van der Waals surface area contributed by atoms with E-state index < -0.39 is 0 Å². The number of aromatic nitrogens is 1. The zero-order valence-corrected chi connectivity index (χ0v) is 18.3. The number of benzene rings is 1. The average molecular weight is 422 g/mol. The molecule has 2 aromatic rings. The number of carbonyl (C=O) groups excluding carboxylic acids is 2. The molecular formula is C20H26ClN4O2S+. The molecule has 0 aliphatic carbocycles. The number of piperazine rings is 1. The second-order valence-electron chi connectivity index (χ2n) is 7.32. The van der Waals surface area contributed by atoms with Crippen molar-refractivity contribution >= 4 is 45.6 Å². The Morgan fingerprint density at radius 1 is 1.25 bits per heavy atom. The first-order valence-corrected chi connectivity index (χ1v) is 10.6. The van der Waals surface area contributed by atoms with E-state index in [9.17, 15) is 9.59 Å². The summed E-state index contributed by atoms with van der Waals surface area (Å²) in [4.78, 5) is 33.5. The minimum atomic E-state index is -0.114. The number of nitrogens with zero attached hydrogens (tertiary/aromatic N) is 3. The predicted octanol–water partition coefficient (Wildman–Crippen LogP) is 2.34. The molecule has 8 heteroatoms. The highest BCUT2D eigenvalue weighted by Crippen LogP contribution is 2.37. The SMILES string of the molecule is CC(=O)N1CC[NH+](Cc2csc(N(C(C)=O)c3c(C)cc(C)cc3Cl)n2)CC1. The van der Waals surface area contributed by atoms with Gasteiger partial charge in [0.15, 0.2) is 5.13 Å². The fraction of sp³-hybridized carbons (Fsp3) is 0.450. The highest BCUT2D eigenvalue weighted by atomic mass is 35.5. The molecule has 2 amide bonds. The molecule has 0 spiro atoms. The zero-order chi connectivity index (χ0) is 20.4. The number of hydrogen-bond donors (Lipinski definition) is 1. The Bertz CT molecular complexity index is 867. The largest absolute Gasteiger partial charge is 0.332 e. The van der Waals surface area contributed by atoms with E-state index in [-0.39, 0.29) is 11.8 Å². The number of quaternary nitrogens is 1. The lowest BCUT2D eigenvalue weighted by Gasteiger charge is -2.31. The molecule has 1 aromatic carbocycles. The molecule has 2 heterocycles. The number of aryl methyl sites for hydroxylation is 2. The van der Waals surface area contributed by atoms with Gasteiger partial charge in [-0.25, -0.2) is 4.98 Å². The Balaban J connectivity index is 1.78. The van der Waals surface area contributed by atoms with Crippen LogP contribution in [0.25, 0.3) is 0 Å². The highest BCUT2D eigenvalue weighted by Gasteiger charge is 2.25. The summed E-state index contributed by atoms with van der Waals surface area (Å²) >= 11 is 7.93. The van der Waals surface area contributed by atoms with Crippen LogP contribution in [0.3, 0.4) is 0 Å². The van der Waals surface area contributed by atoms with Gasteiger partial charge in [0.2, 0.25) is 11.8 Å². The molecule has 6 nitrogen and oxygen atoms in total. The van der Waals surface area contributed by atoms with Crippen LogP contribution in [-0.2, 0) is 16.1 Å². The van der Waals surface area contributed by atoms with E-state index in [1.165, 1.54) is 23.2 Å². The monoisotopic (exact) mass is 421 g/mol. The molecule has 150 valence electrons. The maximum atomic E-state index is 12.4. The lowest BCUT2D eigenvalue weighted by atomic mass is 10.1. The van der Waals surface area contributed by atoms with Crippen LogP contribution >= 0.6 is 22.9 Å². The van der Waals surface area contributed by atoms with Crippen molar-refractivity contribution in [3.63, 3.8) is 0 Å². The summed E-state index contributed by atoms with van der Waals surface area (Å²) in [5.41, 5.74) is 3.66. The summed E-state index contributed by atoms with van der Waals surface area (Å²) in [7, 11) is 0. The average Bonchev–Trinajstić information content (AvgIpc) is 3.05. The van der Waals surface area contributed by atoms with Crippen molar-refractivity contribution in [2.24, 2.45) is 0 Å². The summed E-state index contributed by atoms with van der Waals surface area (Å²) in [6.45, 7) is 11.2. The number of rotatable bonds is 4. The number of carbonyl (C=O) groups is 2. The Hall–Kier alpha value is -1.96. The standard InChI is InChI=1S/C20H25ClN4O2S/c1-13-9-14(2)19(18(21)10-13)25(16(4)27)20-22-17(12-28-20)11-23-5-7-24(8-6-23)15(3)26/h9-10,12H,5-8,11H2,1-4H3/p+1. The molecule has 1 aliphatic heterocycles. The number of anilines is 2. The lowest BCUT2D eigenvalue weighted by molar-refractivity contribution is -0.917. The summed E-state index contributed by atoms with van der Waals surface area (Å²) < 4.78 is 0. The van der Waals surface area contributed by atoms with Crippen LogP contribution in [0.5, 0.6) is 0 Å². The maximum absolute atomic E-state index is 12.4. The topological polar surface area (TPSA) is 58.0 Å². The molecule has 1 aromatic heterocycles. The summed E-state index contributed by atoms with van der Waals surface area (Å²) in [5, 5.41) is 3.20. The molecule has 0 unspecified atom stereocenters. The Labute approximate surface area is 174 Å². The van der Waals surface area contributed by atoms with Crippen molar-refractivity contribution in [3.8, 4) is 0 Å². The van der Waals surface area contributed by atoms with E-state index in [1.807, 2.05) is 36.3 Å². The Morgan fingerprint density at radius 2 is 1.93 bits per heavy atom. The molecule has 1 N–H and O–H groups in total. The van der Waals surface area contributed by atoms with Gasteiger partial charge in [-0.2, -0.15) is 0 Å². The maximum Gasteiger partial charge on any atom is 0.230 e. The van der Waals surface area contributed by atoms with Crippen molar-refractivity contribution < 1.29 is 14.5 Å². The number of hydrogen-bond acceptors (Lipinski definition) is 4. The molecule has 1 aliphatic rings. The van der Waals surface area contributed by atoms with Crippen molar-refractivity contribution in [2.75, 3.05) is 31.1 Å². The van der Waals surface area contributed by atoms with E-state index >= 15 is 0 Å². The normalized spacial score (nSPS) is 15.0. The first-order chi connectivity index (χ1) is 13.3. The van der Waals surface area contributed by atoms with Crippen LogP contribution in [0.1, 0.15) is 30.7 Å². The predicted molar refractivity (Wildman–Crippen MR) is 113 cm³/mol. The van der Waals surface area contributed by atoms with Gasteiger partial charge in [-0.15, -0.1) is 11.3 Å². The van der Waals surface area contributed by atoms with Crippen molar-refractivity contribution in [1.29, 1.82) is 0 Å². The van der Waals surface area contributed by atoms with Gasteiger partial charge in [0.25, 0.3) is 0 Å². The molecule has 28 heavy (non-hydrogen) atoms. The van der Waals surface area contributed by atoms with Crippen LogP contribution in [0.4, 0.5) is 10.8 Å². The molecule has 1 fully saturated rings. The van der Waals surface area contributed by atoms with Crippen molar-refractivity contribution in [3.05, 3.63) is 39.4 Å². The van der Waals surface area contributed by atoms with E-state index in [1.54, 1.807) is 11.8 Å². The van der Waals surface area contributed by atoms with E-state index in [4.69, 9.17) is 16.6 Å². The third kappa shape index (κ3) is 4.54. The van der Waals surface area contributed by atoms with Crippen LogP contribution in [0.2, 0.25) is 5.02 Å². The highest BCUT2D eigenvalue weighted by molar-refractivity contribution is 7.14. The molecule has 0 radical (unpaired) electrons. The van der Waals surface area contributed by atoms with Gasteiger partial charge >= 0.3 is 0 Å². The van der Waals surface area contributed by atoms with Gasteiger partial charge in [0, 0.05) is 19.2 Å². The third-order valence-corrected chi connectivity index (χ3v) is 6.18. The van der Waals surface area contributed by atoms with Crippen molar-refractivity contribution in [1.82, 2.24) is 9.88 Å². The van der Waals surface area contributed by atoms with Crippen LogP contribution in [-0.4, -0.2) is 47.9 Å². The second-order valence-corrected chi connectivity index (χ2v) is 8.56. The molecular weight excluding hydrogens is 396 g/mol. The first kappa shape index (κ1) is 20.8. The molecule has 0 saturated carbocycles. The first-order valence-electron chi connectivity index (χ1n) is 9.37. The van der Waals surface area contributed by atoms with Gasteiger partial charge in [-0.3, -0.25) is 14.5 Å². The van der Waals surface area contributed by atoms with E-state index in [2.05, 4.69) is 0 Å². The van der Waals surface area contributed by atoms with Gasteiger partial charge in [-0.05, 0) is 31.0 Å². The van der Waals surface area contributed by atoms with Gasteiger partial charge in [0.1, 0.15) is 12.2 Å². The van der Waals surface area contributed by atoms with Crippen molar-refractivity contribution in [2.45, 2.75) is 34.2 Å². The fourth-order valence-corrected chi connectivity index (χ4v) is 4.91. The Morgan fingerprint density at radius 3 is 2.50 bits per heavy atom. The minimum absolute atomic E-state index is 0.114. The van der Waals surface area contributed by atoms with Crippen LogP contribution in [0, 0.1) is 13.8 Å². The summed E-state index contributed by atoms with van der Waals surface area (Å²) in [5.74, 6) is 0.0228. The second kappa shape index (κ2) is 8.59. The quantitative estimate of drug-likeness (QED) is 0.824. The smallest absolute Gasteiger partial charge is 0.230 e. The molecule has 1 saturated heterocycles. The molecule has 0 atom stereocenters. The third-order valence-electron chi connectivity index (χ3n) is 5.01. The number of thiazole rings is 1. The van der Waals surface area contributed by atoms with E-state index in [0.717, 1.165) is 49.5 Å². The Kier molecular flexibility index (Phi) is 6.37. The number of nitrogens with one attached hydrogen (secondary N) is 1. The van der Waals surface area contributed by atoms with Crippen LogP contribution in [0.15, 0.2) is 17.5 Å². The number of halogens is 1. The minimum Gasteiger partial charge on any atom is -0.332 e. The molecule has 0 bridgehead atoms. The zero-order valence-electron chi connectivity index (χ0n) is 16.7. The van der Waals surface area contributed by atoms with Gasteiger partial charge in [0.05, 0.1) is 36.9 Å². The van der Waals surface area contributed by atoms with Gasteiger partial charge in [-0.1, -0.05) is 17.7 Å². The van der Waals surface area contributed by atoms with Crippen LogP contribution < -0.4 is 9.80 Å². The number of amides is 2. The summed E-state index contributed by atoms with van der Waals surface area (Å²) in [6.07, 6.45) is 0. The summed E-state index contributed by atoms with van der Waals surface area (Å²) in [6, 6.07) is 3.89. The lowest BCUT2D eigenvalue weighted by Crippen LogP contribution is -3.13.